The Kier molecular flexibility index (Phi) is 7.58. The number of ether oxygens (including phenoxy) is 1. The topological polar surface area (TPSA) is 91.0 Å². The van der Waals surface area contributed by atoms with Crippen LogP contribution in [0.2, 0.25) is 0 Å². The zero-order valence-corrected chi connectivity index (χ0v) is 22.6. The van der Waals surface area contributed by atoms with Crippen LogP contribution in [0.3, 0.4) is 0 Å². The van der Waals surface area contributed by atoms with Crippen LogP contribution in [0.15, 0.2) is 77.7 Å². The third-order valence-electron chi connectivity index (χ3n) is 7.14. The molecule has 9 heteroatoms. The Labute approximate surface area is 224 Å². The number of carbonyl (C=O) groups excluding carboxylic acids is 1. The van der Waals surface area contributed by atoms with Gasteiger partial charge < -0.3 is 19.9 Å². The molecule has 8 nitrogen and oxygen atoms in total. The van der Waals surface area contributed by atoms with Crippen LogP contribution in [0.1, 0.15) is 31.4 Å². The second kappa shape index (κ2) is 11.0. The number of benzene rings is 3. The summed E-state index contributed by atoms with van der Waals surface area (Å²) in [4.78, 5) is 16.9. The molecule has 0 bridgehead atoms. The average molecular weight is 535 g/mol. The van der Waals surface area contributed by atoms with Gasteiger partial charge in [-0.3, -0.25) is 4.79 Å². The molecule has 1 aliphatic heterocycles. The summed E-state index contributed by atoms with van der Waals surface area (Å²) in [6, 6.07) is 22.2. The lowest BCUT2D eigenvalue weighted by Gasteiger charge is -2.38. The fraction of sp³-hybridized carbons (Fsp3) is 0.345. The molecule has 1 aliphatic carbocycles. The van der Waals surface area contributed by atoms with Gasteiger partial charge in [0.15, 0.2) is 0 Å². The fourth-order valence-electron chi connectivity index (χ4n) is 4.84. The molecule has 1 heterocycles. The van der Waals surface area contributed by atoms with Crippen molar-refractivity contribution in [3.63, 3.8) is 0 Å². The molecule has 0 radical (unpaired) electrons. The van der Waals surface area contributed by atoms with E-state index in [1.807, 2.05) is 67.6 Å². The summed E-state index contributed by atoms with van der Waals surface area (Å²) in [5.41, 5.74) is 3.02. The number of hydrogen-bond acceptors (Lipinski definition) is 6. The Morgan fingerprint density at radius 1 is 0.895 bits per heavy atom. The Hall–Kier alpha value is -3.56. The lowest BCUT2D eigenvalue weighted by molar-refractivity contribution is -0.117. The van der Waals surface area contributed by atoms with Crippen molar-refractivity contribution in [1.29, 1.82) is 0 Å². The largest absolute Gasteiger partial charge is 0.495 e. The molecule has 0 aromatic heterocycles. The van der Waals surface area contributed by atoms with Gasteiger partial charge in [0.25, 0.3) is 0 Å². The number of nitrogens with zero attached hydrogens (tertiary/aromatic N) is 2. The van der Waals surface area contributed by atoms with Crippen molar-refractivity contribution in [1.82, 2.24) is 4.72 Å². The van der Waals surface area contributed by atoms with E-state index in [0.29, 0.717) is 37.6 Å². The lowest BCUT2D eigenvalue weighted by Crippen LogP contribution is -2.47. The van der Waals surface area contributed by atoms with E-state index in [-0.39, 0.29) is 16.7 Å². The maximum Gasteiger partial charge on any atom is 0.243 e. The van der Waals surface area contributed by atoms with Gasteiger partial charge in [-0.25, -0.2) is 13.1 Å². The van der Waals surface area contributed by atoms with Crippen molar-refractivity contribution in [2.24, 2.45) is 5.92 Å². The SMILES string of the molecule is COc1ccccc1N1CCN(c2ccc(NC(=O)C3CC3)cc2S(=O)(=O)N[C@H](C)c2ccccc2)CC1. The zero-order valence-electron chi connectivity index (χ0n) is 21.8. The standard InChI is InChI=1S/C29H34N4O4S/c1-21(22-8-4-3-5-9-22)31-38(35,36)28-20-24(30-29(34)23-12-13-23)14-15-26(28)33-18-16-32(17-19-33)25-10-6-7-11-27(25)37-2/h3-11,14-15,20-21,23,31H,12-13,16-19H2,1-2H3,(H,30,34)/t21-/m1/s1. The number of rotatable bonds is 9. The molecule has 1 saturated carbocycles. The van der Waals surface area contributed by atoms with Crippen LogP contribution in [-0.4, -0.2) is 47.6 Å². The maximum absolute atomic E-state index is 13.8. The van der Waals surface area contributed by atoms with E-state index in [1.165, 1.54) is 0 Å². The second-order valence-electron chi connectivity index (χ2n) is 9.85. The predicted molar refractivity (Wildman–Crippen MR) is 150 cm³/mol. The first-order chi connectivity index (χ1) is 18.4. The Morgan fingerprint density at radius 3 is 2.18 bits per heavy atom. The molecule has 38 heavy (non-hydrogen) atoms. The van der Waals surface area contributed by atoms with E-state index >= 15 is 0 Å². The van der Waals surface area contributed by atoms with Gasteiger partial charge in [-0.1, -0.05) is 42.5 Å². The molecule has 0 spiro atoms. The van der Waals surface area contributed by atoms with Crippen LogP contribution in [0.4, 0.5) is 17.1 Å². The molecular weight excluding hydrogens is 500 g/mol. The Morgan fingerprint density at radius 2 is 1.53 bits per heavy atom. The van der Waals surface area contributed by atoms with Crippen LogP contribution >= 0.6 is 0 Å². The molecule has 2 aliphatic rings. The third-order valence-corrected chi connectivity index (χ3v) is 8.71. The third kappa shape index (κ3) is 5.79. The number of anilines is 3. The van der Waals surface area contributed by atoms with Crippen molar-refractivity contribution in [3.05, 3.63) is 78.4 Å². The summed E-state index contributed by atoms with van der Waals surface area (Å²) >= 11 is 0. The minimum atomic E-state index is -3.90. The lowest BCUT2D eigenvalue weighted by atomic mass is 10.1. The van der Waals surface area contributed by atoms with Gasteiger partial charge in [-0.15, -0.1) is 0 Å². The van der Waals surface area contributed by atoms with Crippen molar-refractivity contribution < 1.29 is 17.9 Å². The number of nitrogens with one attached hydrogen (secondary N) is 2. The van der Waals surface area contributed by atoms with Gasteiger partial charge in [-0.2, -0.15) is 0 Å². The monoisotopic (exact) mass is 534 g/mol. The van der Waals surface area contributed by atoms with Gasteiger partial charge in [0.05, 0.1) is 18.5 Å². The molecule has 3 aromatic rings. The molecule has 2 fully saturated rings. The highest BCUT2D eigenvalue weighted by molar-refractivity contribution is 7.89. The first kappa shape index (κ1) is 26.1. The van der Waals surface area contributed by atoms with Gasteiger partial charge in [-0.05, 0) is 55.7 Å². The van der Waals surface area contributed by atoms with Gasteiger partial charge >= 0.3 is 0 Å². The number of sulfonamides is 1. The summed E-state index contributed by atoms with van der Waals surface area (Å²) in [7, 11) is -2.24. The number of piperazine rings is 1. The van der Waals surface area contributed by atoms with Crippen molar-refractivity contribution in [2.45, 2.75) is 30.7 Å². The number of methoxy groups -OCH3 is 1. The van der Waals surface area contributed by atoms with Crippen LogP contribution in [0, 0.1) is 5.92 Å². The molecule has 2 N–H and O–H groups in total. The van der Waals surface area contributed by atoms with Gasteiger partial charge in [0, 0.05) is 43.8 Å². The highest BCUT2D eigenvalue weighted by Gasteiger charge is 2.31. The zero-order chi connectivity index (χ0) is 26.7. The molecule has 5 rings (SSSR count). The quantitative estimate of drug-likeness (QED) is 0.423. The summed E-state index contributed by atoms with van der Waals surface area (Å²) in [5.74, 6) is 0.783. The number of carbonyl (C=O) groups is 1. The predicted octanol–water partition coefficient (Wildman–Crippen LogP) is 4.41. The van der Waals surface area contributed by atoms with E-state index in [2.05, 4.69) is 19.8 Å². The number of para-hydroxylation sites is 2. The van der Waals surface area contributed by atoms with E-state index in [1.54, 1.807) is 19.2 Å². The summed E-state index contributed by atoms with van der Waals surface area (Å²) in [6.07, 6.45) is 1.75. The van der Waals surface area contributed by atoms with Crippen molar-refractivity contribution >= 4 is 33.0 Å². The van der Waals surface area contributed by atoms with Gasteiger partial charge in [0.2, 0.25) is 15.9 Å². The molecule has 1 amide bonds. The molecule has 1 atom stereocenters. The van der Waals surface area contributed by atoms with E-state index in [9.17, 15) is 13.2 Å². The summed E-state index contributed by atoms with van der Waals surface area (Å²) in [6.45, 7) is 4.55. The minimum absolute atomic E-state index is 0.0222. The van der Waals surface area contributed by atoms with Crippen LogP contribution < -0.4 is 24.6 Å². The molecule has 200 valence electrons. The van der Waals surface area contributed by atoms with Gasteiger partial charge in [0.1, 0.15) is 10.6 Å². The molecule has 0 unspecified atom stereocenters. The second-order valence-corrected chi connectivity index (χ2v) is 11.5. The molecule has 3 aromatic carbocycles. The van der Waals surface area contributed by atoms with E-state index in [0.717, 1.165) is 29.8 Å². The summed E-state index contributed by atoms with van der Waals surface area (Å²) < 4.78 is 35.9. The summed E-state index contributed by atoms with van der Waals surface area (Å²) in [5, 5.41) is 2.90. The normalized spacial score (nSPS) is 16.7. The van der Waals surface area contributed by atoms with E-state index < -0.39 is 16.1 Å². The average Bonchev–Trinajstić information content (AvgIpc) is 3.79. The Balaban J connectivity index is 1.41. The maximum atomic E-state index is 13.8. The highest BCUT2D eigenvalue weighted by atomic mass is 32.2. The Bertz CT molecular complexity index is 1380. The fourth-order valence-corrected chi connectivity index (χ4v) is 6.33. The van der Waals surface area contributed by atoms with Crippen molar-refractivity contribution in [3.8, 4) is 5.75 Å². The number of amides is 1. The number of hydrogen-bond donors (Lipinski definition) is 2. The van der Waals surface area contributed by atoms with E-state index in [4.69, 9.17) is 4.74 Å². The molecule has 1 saturated heterocycles. The van der Waals surface area contributed by atoms with Crippen LogP contribution in [0.5, 0.6) is 5.75 Å². The molecular formula is C29H34N4O4S. The smallest absolute Gasteiger partial charge is 0.243 e. The van der Waals surface area contributed by atoms with Crippen LogP contribution in [0.25, 0.3) is 0 Å². The first-order valence-corrected chi connectivity index (χ1v) is 14.5. The highest BCUT2D eigenvalue weighted by Crippen LogP contribution is 2.34. The van der Waals surface area contributed by atoms with Crippen molar-refractivity contribution in [2.75, 3.05) is 48.4 Å². The minimum Gasteiger partial charge on any atom is -0.495 e. The first-order valence-electron chi connectivity index (χ1n) is 13.0. The van der Waals surface area contributed by atoms with Crippen LogP contribution in [-0.2, 0) is 14.8 Å².